The zero-order valence-electron chi connectivity index (χ0n) is 17.2. The molecule has 4 rings (SSSR count). The molecule has 4 aromatic rings. The average Bonchev–Trinajstić information content (AvgIpc) is 3.22. The molecule has 33 heavy (non-hydrogen) atoms. The summed E-state index contributed by atoms with van der Waals surface area (Å²) in [5.41, 5.74) is 7.13. The maximum absolute atomic E-state index is 13.0. The third-order valence-electron chi connectivity index (χ3n) is 4.68. The number of sulfonamides is 1. The molecule has 0 atom stereocenters. The summed E-state index contributed by atoms with van der Waals surface area (Å²) in [6.45, 7) is 0.583. The molecular formula is C21H19FN6O4S. The quantitative estimate of drug-likeness (QED) is 0.296. The van der Waals surface area contributed by atoms with Crippen LogP contribution in [0.15, 0.2) is 66.1 Å². The molecule has 0 saturated carbocycles. The Kier molecular flexibility index (Phi) is 6.18. The van der Waals surface area contributed by atoms with Crippen molar-refractivity contribution in [2.24, 2.45) is 0 Å². The Morgan fingerprint density at radius 2 is 1.91 bits per heavy atom. The second kappa shape index (κ2) is 9.20. The first-order valence-corrected chi connectivity index (χ1v) is 11.3. The van der Waals surface area contributed by atoms with Crippen LogP contribution in [0.3, 0.4) is 0 Å². The molecule has 0 amide bonds. The van der Waals surface area contributed by atoms with Crippen LogP contribution in [0.4, 0.5) is 15.9 Å². The van der Waals surface area contributed by atoms with Crippen LogP contribution in [0.1, 0.15) is 16.8 Å². The van der Waals surface area contributed by atoms with Gasteiger partial charge in [0.05, 0.1) is 23.4 Å². The van der Waals surface area contributed by atoms with Crippen molar-refractivity contribution in [3.8, 4) is 0 Å². The number of nitrogen functional groups attached to an aromatic ring is 1. The Balaban J connectivity index is 1.36. The molecule has 3 N–H and O–H groups in total. The van der Waals surface area contributed by atoms with Gasteiger partial charge >= 0.3 is 5.97 Å². The standard InChI is InChI=1S/C21H19FN6O4S/c22-15-5-7-16(8-6-15)27-33(30,31)17-4-1-3-14(11-17)21(29)32-10-2-9-28-13-26-18-19(23)24-12-25-20(18)28/h1,3-8,11-13,27H,2,9-10H2,(H2,23,24,25). The van der Waals surface area contributed by atoms with Gasteiger partial charge in [-0.2, -0.15) is 0 Å². The molecular weight excluding hydrogens is 451 g/mol. The molecule has 0 saturated heterocycles. The second-order valence-corrected chi connectivity index (χ2v) is 8.68. The van der Waals surface area contributed by atoms with Gasteiger partial charge in [-0.05, 0) is 48.9 Å². The number of hydrogen-bond donors (Lipinski definition) is 2. The summed E-state index contributed by atoms with van der Waals surface area (Å²) in [6.07, 6.45) is 3.41. The number of imidazole rings is 1. The van der Waals surface area contributed by atoms with Crippen molar-refractivity contribution in [2.45, 2.75) is 17.9 Å². The fraction of sp³-hybridized carbons (Fsp3) is 0.143. The number of aryl methyl sites for hydroxylation is 1. The topological polar surface area (TPSA) is 142 Å². The molecule has 0 aliphatic carbocycles. The number of anilines is 2. The lowest BCUT2D eigenvalue weighted by molar-refractivity contribution is 0.0496. The van der Waals surface area contributed by atoms with Gasteiger partial charge in [0.25, 0.3) is 10.0 Å². The summed E-state index contributed by atoms with van der Waals surface area (Å²) >= 11 is 0. The largest absolute Gasteiger partial charge is 0.462 e. The van der Waals surface area contributed by atoms with Gasteiger partial charge < -0.3 is 15.0 Å². The smallest absolute Gasteiger partial charge is 0.338 e. The van der Waals surface area contributed by atoms with E-state index in [0.717, 1.165) is 12.1 Å². The Bertz CT molecular complexity index is 1410. The van der Waals surface area contributed by atoms with Crippen molar-refractivity contribution >= 4 is 38.7 Å². The van der Waals surface area contributed by atoms with E-state index in [1.54, 1.807) is 10.9 Å². The Morgan fingerprint density at radius 1 is 1.12 bits per heavy atom. The summed E-state index contributed by atoms with van der Waals surface area (Å²) in [5.74, 6) is -0.855. The summed E-state index contributed by atoms with van der Waals surface area (Å²) in [5, 5.41) is 0. The molecule has 2 aromatic carbocycles. The maximum atomic E-state index is 13.0. The number of halogens is 1. The van der Waals surface area contributed by atoms with Crippen LogP contribution in [0, 0.1) is 5.82 Å². The summed E-state index contributed by atoms with van der Waals surface area (Å²) in [7, 11) is -3.97. The van der Waals surface area contributed by atoms with Crippen LogP contribution in [0.5, 0.6) is 0 Å². The molecule has 2 heterocycles. The maximum Gasteiger partial charge on any atom is 0.338 e. The van der Waals surface area contributed by atoms with Gasteiger partial charge in [-0.1, -0.05) is 6.07 Å². The molecule has 0 bridgehead atoms. The van der Waals surface area contributed by atoms with E-state index in [1.165, 1.54) is 42.7 Å². The number of ether oxygens (including phenoxy) is 1. The fourth-order valence-corrected chi connectivity index (χ4v) is 4.17. The first-order chi connectivity index (χ1) is 15.8. The lowest BCUT2D eigenvalue weighted by Crippen LogP contribution is -2.14. The number of esters is 1. The minimum absolute atomic E-state index is 0.0885. The zero-order valence-corrected chi connectivity index (χ0v) is 18.0. The van der Waals surface area contributed by atoms with E-state index in [-0.39, 0.29) is 28.6 Å². The average molecular weight is 470 g/mol. The van der Waals surface area contributed by atoms with Crippen molar-refractivity contribution < 1.29 is 22.3 Å². The Morgan fingerprint density at radius 3 is 2.70 bits per heavy atom. The Labute approximate surface area is 188 Å². The number of fused-ring (bicyclic) bond motifs is 1. The van der Waals surface area contributed by atoms with Crippen LogP contribution in [0.25, 0.3) is 11.2 Å². The summed E-state index contributed by atoms with van der Waals surface area (Å²) in [6, 6.07) is 10.3. The van der Waals surface area contributed by atoms with E-state index >= 15 is 0 Å². The highest BCUT2D eigenvalue weighted by Crippen LogP contribution is 2.18. The van der Waals surface area contributed by atoms with E-state index in [4.69, 9.17) is 10.5 Å². The number of nitrogens with two attached hydrogens (primary N) is 1. The molecule has 170 valence electrons. The number of carbonyl (C=O) groups excluding carboxylic acids is 1. The van der Waals surface area contributed by atoms with Gasteiger partial charge in [-0.25, -0.2) is 32.6 Å². The summed E-state index contributed by atoms with van der Waals surface area (Å²) in [4.78, 5) is 24.5. The Hall–Kier alpha value is -4.06. The number of carbonyl (C=O) groups is 1. The van der Waals surface area contributed by atoms with Crippen molar-refractivity contribution in [1.29, 1.82) is 0 Å². The number of nitrogens with zero attached hydrogens (tertiary/aromatic N) is 4. The van der Waals surface area contributed by atoms with Gasteiger partial charge in [-0.3, -0.25) is 4.72 Å². The molecule has 2 aromatic heterocycles. The van der Waals surface area contributed by atoms with Crippen LogP contribution in [-0.4, -0.2) is 40.5 Å². The second-order valence-electron chi connectivity index (χ2n) is 7.00. The highest BCUT2D eigenvalue weighted by molar-refractivity contribution is 7.92. The molecule has 10 nitrogen and oxygen atoms in total. The fourth-order valence-electron chi connectivity index (χ4n) is 3.07. The van der Waals surface area contributed by atoms with Gasteiger partial charge in [0.15, 0.2) is 11.5 Å². The molecule has 0 unspecified atom stereocenters. The van der Waals surface area contributed by atoms with Crippen LogP contribution >= 0.6 is 0 Å². The lowest BCUT2D eigenvalue weighted by atomic mass is 10.2. The van der Waals surface area contributed by atoms with E-state index in [1.807, 2.05) is 0 Å². The predicted octanol–water partition coefficient (Wildman–Crippen LogP) is 2.60. The van der Waals surface area contributed by atoms with Crippen molar-refractivity contribution in [3.05, 3.63) is 72.6 Å². The number of benzene rings is 2. The summed E-state index contributed by atoms with van der Waals surface area (Å²) < 4.78 is 47.6. The molecule has 0 aliphatic rings. The van der Waals surface area contributed by atoms with E-state index in [9.17, 15) is 17.6 Å². The van der Waals surface area contributed by atoms with Gasteiger partial charge in [0.1, 0.15) is 17.7 Å². The van der Waals surface area contributed by atoms with Crippen molar-refractivity contribution in [1.82, 2.24) is 19.5 Å². The monoisotopic (exact) mass is 470 g/mol. The predicted molar refractivity (Wildman–Crippen MR) is 118 cm³/mol. The number of aromatic nitrogens is 4. The zero-order chi connectivity index (χ0) is 23.4. The third-order valence-corrected chi connectivity index (χ3v) is 6.06. The van der Waals surface area contributed by atoms with Crippen LogP contribution in [0.2, 0.25) is 0 Å². The minimum atomic E-state index is -3.97. The number of hydrogen-bond acceptors (Lipinski definition) is 8. The SMILES string of the molecule is Nc1ncnc2c1ncn2CCCOC(=O)c1cccc(S(=O)(=O)Nc2ccc(F)cc2)c1. The van der Waals surface area contributed by atoms with Crippen molar-refractivity contribution in [3.63, 3.8) is 0 Å². The molecule has 0 radical (unpaired) electrons. The lowest BCUT2D eigenvalue weighted by Gasteiger charge is -2.10. The highest BCUT2D eigenvalue weighted by Gasteiger charge is 2.17. The van der Waals surface area contributed by atoms with Gasteiger partial charge in [-0.15, -0.1) is 0 Å². The number of nitrogens with one attached hydrogen (secondary N) is 1. The van der Waals surface area contributed by atoms with Gasteiger partial charge in [0, 0.05) is 12.2 Å². The highest BCUT2D eigenvalue weighted by atomic mass is 32.2. The first-order valence-electron chi connectivity index (χ1n) is 9.80. The normalized spacial score (nSPS) is 11.4. The van der Waals surface area contributed by atoms with E-state index in [0.29, 0.717) is 24.1 Å². The van der Waals surface area contributed by atoms with Crippen LogP contribution < -0.4 is 10.5 Å². The first kappa shape index (κ1) is 22.1. The minimum Gasteiger partial charge on any atom is -0.462 e. The van der Waals surface area contributed by atoms with E-state index in [2.05, 4.69) is 19.7 Å². The third kappa shape index (κ3) is 5.06. The molecule has 0 fully saturated rings. The van der Waals surface area contributed by atoms with E-state index < -0.39 is 21.8 Å². The molecule has 12 heteroatoms. The molecule has 0 spiro atoms. The van der Waals surface area contributed by atoms with Crippen LogP contribution in [-0.2, 0) is 21.3 Å². The number of rotatable bonds is 8. The van der Waals surface area contributed by atoms with Crippen molar-refractivity contribution in [2.75, 3.05) is 17.1 Å². The molecule has 0 aliphatic heterocycles. The van der Waals surface area contributed by atoms with Gasteiger partial charge in [0.2, 0.25) is 0 Å².